The predicted molar refractivity (Wildman–Crippen MR) is 60.4 cm³/mol. The van der Waals surface area contributed by atoms with Crippen LogP contribution >= 0.6 is 0 Å². The average Bonchev–Trinajstić information content (AvgIpc) is 2.82. The molecule has 20 heavy (non-hydrogen) atoms. The average molecular weight is 288 g/mol. The van der Waals surface area contributed by atoms with Crippen molar-refractivity contribution < 1.29 is 32.2 Å². The van der Waals surface area contributed by atoms with Crippen LogP contribution in [-0.4, -0.2) is 18.0 Å². The van der Waals surface area contributed by atoms with E-state index in [4.69, 9.17) is 9.47 Å². The normalized spacial score (nSPS) is 18.8. The molecule has 7 heteroatoms. The fourth-order valence-electron chi connectivity index (χ4n) is 1.78. The SMILES string of the molecule is O=C1CC[C@@H](C(=O)OCc2cccc(C(F)(F)F)c2)O1. The summed E-state index contributed by atoms with van der Waals surface area (Å²) in [6.07, 6.45) is -5.02. The summed E-state index contributed by atoms with van der Waals surface area (Å²) in [5.74, 6) is -1.22. The van der Waals surface area contributed by atoms with Crippen LogP contribution in [0.3, 0.4) is 0 Å². The quantitative estimate of drug-likeness (QED) is 0.802. The van der Waals surface area contributed by atoms with Crippen molar-refractivity contribution in [2.75, 3.05) is 0 Å². The number of alkyl halides is 3. The molecule has 108 valence electrons. The van der Waals surface area contributed by atoms with Crippen LogP contribution in [0.15, 0.2) is 24.3 Å². The lowest BCUT2D eigenvalue weighted by molar-refractivity contribution is -0.162. The highest BCUT2D eigenvalue weighted by atomic mass is 19.4. The van der Waals surface area contributed by atoms with Gasteiger partial charge in [-0.05, 0) is 17.7 Å². The Morgan fingerprint density at radius 1 is 1.40 bits per heavy atom. The molecule has 1 aliphatic rings. The Morgan fingerprint density at radius 2 is 2.15 bits per heavy atom. The number of cyclic esters (lactones) is 1. The second-order valence-corrected chi connectivity index (χ2v) is 4.32. The van der Waals surface area contributed by atoms with E-state index < -0.39 is 29.8 Å². The van der Waals surface area contributed by atoms with Crippen LogP contribution < -0.4 is 0 Å². The number of hydrogen-bond donors (Lipinski definition) is 0. The molecule has 0 radical (unpaired) electrons. The van der Waals surface area contributed by atoms with E-state index in [9.17, 15) is 22.8 Å². The number of esters is 2. The lowest BCUT2D eigenvalue weighted by atomic mass is 10.1. The molecule has 2 rings (SSSR count). The Morgan fingerprint density at radius 3 is 2.75 bits per heavy atom. The van der Waals surface area contributed by atoms with Gasteiger partial charge in [0.2, 0.25) is 0 Å². The van der Waals surface area contributed by atoms with Gasteiger partial charge in [-0.25, -0.2) is 4.79 Å². The molecule has 1 heterocycles. The number of hydrogen-bond acceptors (Lipinski definition) is 4. The van der Waals surface area contributed by atoms with E-state index in [1.165, 1.54) is 12.1 Å². The summed E-state index contributed by atoms with van der Waals surface area (Å²) in [6.45, 7) is -0.295. The van der Waals surface area contributed by atoms with Crippen molar-refractivity contribution in [1.29, 1.82) is 0 Å². The lowest BCUT2D eigenvalue weighted by Crippen LogP contribution is -2.22. The van der Waals surface area contributed by atoms with Crippen LogP contribution in [0.25, 0.3) is 0 Å². The molecule has 1 fully saturated rings. The first-order chi connectivity index (χ1) is 9.36. The van der Waals surface area contributed by atoms with Gasteiger partial charge in [-0.2, -0.15) is 13.2 Å². The molecule has 1 aromatic rings. The monoisotopic (exact) mass is 288 g/mol. The zero-order chi connectivity index (χ0) is 14.8. The number of carbonyl (C=O) groups excluding carboxylic acids is 2. The standard InChI is InChI=1S/C13H11F3O4/c14-13(15,16)9-3-1-2-8(6-9)7-19-12(18)10-4-5-11(17)20-10/h1-3,6,10H,4-5,7H2/t10-/m0/s1. The Balaban J connectivity index is 1.94. The molecule has 0 unspecified atom stereocenters. The van der Waals surface area contributed by atoms with E-state index >= 15 is 0 Å². The van der Waals surface area contributed by atoms with E-state index in [-0.39, 0.29) is 25.0 Å². The van der Waals surface area contributed by atoms with Gasteiger partial charge < -0.3 is 9.47 Å². The van der Waals surface area contributed by atoms with Gasteiger partial charge in [0.25, 0.3) is 0 Å². The van der Waals surface area contributed by atoms with Crippen LogP contribution in [0.5, 0.6) is 0 Å². The smallest absolute Gasteiger partial charge is 0.416 e. The maximum Gasteiger partial charge on any atom is 0.416 e. The highest BCUT2D eigenvalue weighted by molar-refractivity contribution is 5.82. The van der Waals surface area contributed by atoms with Crippen molar-refractivity contribution in [2.24, 2.45) is 0 Å². The number of halogens is 3. The molecule has 0 aromatic heterocycles. The fourth-order valence-corrected chi connectivity index (χ4v) is 1.78. The molecule has 0 bridgehead atoms. The molecule has 1 aliphatic heterocycles. The van der Waals surface area contributed by atoms with Crippen molar-refractivity contribution in [3.05, 3.63) is 35.4 Å². The first kappa shape index (κ1) is 14.4. The Bertz CT molecular complexity index is 525. The van der Waals surface area contributed by atoms with E-state index in [1.807, 2.05) is 0 Å². The van der Waals surface area contributed by atoms with Gasteiger partial charge in [-0.1, -0.05) is 12.1 Å². The second kappa shape index (κ2) is 5.52. The van der Waals surface area contributed by atoms with Crippen molar-refractivity contribution >= 4 is 11.9 Å². The van der Waals surface area contributed by atoms with Gasteiger partial charge in [0.05, 0.1) is 5.56 Å². The molecular weight excluding hydrogens is 277 g/mol. The third kappa shape index (κ3) is 3.49. The summed E-state index contributed by atoms with van der Waals surface area (Å²) in [7, 11) is 0. The zero-order valence-electron chi connectivity index (χ0n) is 10.3. The molecule has 1 saturated heterocycles. The van der Waals surface area contributed by atoms with Gasteiger partial charge >= 0.3 is 18.1 Å². The number of rotatable bonds is 3. The number of ether oxygens (including phenoxy) is 2. The maximum absolute atomic E-state index is 12.5. The summed E-state index contributed by atoms with van der Waals surface area (Å²) in [6, 6.07) is 4.50. The first-order valence-corrected chi connectivity index (χ1v) is 5.88. The van der Waals surface area contributed by atoms with Crippen LogP contribution in [0.2, 0.25) is 0 Å². The summed E-state index contributed by atoms with van der Waals surface area (Å²) in [4.78, 5) is 22.4. The van der Waals surface area contributed by atoms with E-state index in [1.54, 1.807) is 0 Å². The van der Waals surface area contributed by atoms with E-state index in [0.29, 0.717) is 0 Å². The van der Waals surface area contributed by atoms with Crippen LogP contribution in [0.4, 0.5) is 13.2 Å². The third-order valence-electron chi connectivity index (χ3n) is 2.78. The zero-order valence-corrected chi connectivity index (χ0v) is 10.3. The van der Waals surface area contributed by atoms with Crippen LogP contribution in [0.1, 0.15) is 24.0 Å². The Kier molecular flexibility index (Phi) is 3.96. The molecule has 0 aliphatic carbocycles. The topological polar surface area (TPSA) is 52.6 Å². The molecule has 4 nitrogen and oxygen atoms in total. The van der Waals surface area contributed by atoms with Crippen molar-refractivity contribution in [1.82, 2.24) is 0 Å². The molecule has 0 N–H and O–H groups in total. The largest absolute Gasteiger partial charge is 0.458 e. The van der Waals surface area contributed by atoms with Crippen LogP contribution in [-0.2, 0) is 31.8 Å². The lowest BCUT2D eigenvalue weighted by Gasteiger charge is -2.11. The van der Waals surface area contributed by atoms with E-state index in [2.05, 4.69) is 0 Å². The Labute approximate surface area is 112 Å². The minimum Gasteiger partial charge on any atom is -0.458 e. The van der Waals surface area contributed by atoms with Crippen molar-refractivity contribution in [3.63, 3.8) is 0 Å². The predicted octanol–water partition coefficient (Wildman–Crippen LogP) is 2.45. The van der Waals surface area contributed by atoms with Gasteiger partial charge in [0.1, 0.15) is 6.61 Å². The van der Waals surface area contributed by atoms with Crippen molar-refractivity contribution in [2.45, 2.75) is 31.7 Å². The third-order valence-corrected chi connectivity index (χ3v) is 2.78. The van der Waals surface area contributed by atoms with Gasteiger partial charge in [-0.3, -0.25) is 4.79 Å². The van der Waals surface area contributed by atoms with Crippen molar-refractivity contribution in [3.8, 4) is 0 Å². The number of benzene rings is 1. The molecule has 1 aromatic carbocycles. The number of carbonyl (C=O) groups is 2. The van der Waals surface area contributed by atoms with Gasteiger partial charge in [-0.15, -0.1) is 0 Å². The molecule has 0 spiro atoms. The summed E-state index contributed by atoms with van der Waals surface area (Å²) < 4.78 is 47.0. The maximum atomic E-state index is 12.5. The highest BCUT2D eigenvalue weighted by Gasteiger charge is 2.32. The van der Waals surface area contributed by atoms with Gasteiger partial charge in [0, 0.05) is 12.8 Å². The Hall–Kier alpha value is -2.05. The summed E-state index contributed by atoms with van der Waals surface area (Å²) in [5.41, 5.74) is -0.587. The fraction of sp³-hybridized carbons (Fsp3) is 0.385. The summed E-state index contributed by atoms with van der Waals surface area (Å²) in [5, 5.41) is 0. The van der Waals surface area contributed by atoms with Crippen LogP contribution in [0, 0.1) is 0 Å². The molecule has 1 atom stereocenters. The van der Waals surface area contributed by atoms with E-state index in [0.717, 1.165) is 12.1 Å². The molecule has 0 saturated carbocycles. The molecular formula is C13H11F3O4. The van der Waals surface area contributed by atoms with Gasteiger partial charge in [0.15, 0.2) is 6.10 Å². The molecule has 0 amide bonds. The minimum atomic E-state index is -4.44. The first-order valence-electron chi connectivity index (χ1n) is 5.88. The minimum absolute atomic E-state index is 0.142. The second-order valence-electron chi connectivity index (χ2n) is 4.32. The highest BCUT2D eigenvalue weighted by Crippen LogP contribution is 2.29. The summed E-state index contributed by atoms with van der Waals surface area (Å²) >= 11 is 0.